The third-order valence-corrected chi connectivity index (χ3v) is 16.6. The number of halogens is 1. The van der Waals surface area contributed by atoms with Crippen LogP contribution < -0.4 is 25.2 Å². The van der Waals surface area contributed by atoms with E-state index in [1.54, 1.807) is 29.7 Å². The number of nitrogens with one attached hydrogen (secondary N) is 2. The Morgan fingerprint density at radius 3 is 2.47 bits per heavy atom. The van der Waals surface area contributed by atoms with E-state index in [0.29, 0.717) is 73.2 Å². The number of hydrogen-bond donors (Lipinski definition) is 4. The number of aromatic nitrogens is 5. The fourth-order valence-electron chi connectivity index (χ4n) is 11.6. The number of fused-ring (bicyclic) bond motifs is 4. The maximum Gasteiger partial charge on any atom is 0.319 e. The number of rotatable bonds is 15. The Balaban J connectivity index is 0.741. The van der Waals surface area contributed by atoms with Gasteiger partial charge in [-0.05, 0) is 78.6 Å². The van der Waals surface area contributed by atoms with Crippen LogP contribution in [-0.4, -0.2) is 140 Å². The number of pyridine rings is 1. The Hall–Kier alpha value is -6.80. The molecule has 11 rings (SSSR count). The van der Waals surface area contributed by atoms with E-state index in [0.717, 1.165) is 70.4 Å². The highest BCUT2D eigenvalue weighted by molar-refractivity contribution is 7.13. The molecule has 4 N–H and O–H groups in total. The number of aromatic hydroxyl groups is 1. The molecule has 17 nitrogen and oxygen atoms in total. The average molecular weight is 1040 g/mol. The molecular formula is C56H64FN11O6S. The van der Waals surface area contributed by atoms with Crippen molar-refractivity contribution in [3.8, 4) is 33.5 Å². The molecule has 3 aromatic carbocycles. The number of carbonyl (C=O) groups excluding carboxylic acids is 2. The van der Waals surface area contributed by atoms with Gasteiger partial charge in [0.05, 0.1) is 33.6 Å². The summed E-state index contributed by atoms with van der Waals surface area (Å²) in [5.74, 6) is -0.452. The number of hydrogen-bond acceptors (Lipinski definition) is 16. The van der Waals surface area contributed by atoms with Gasteiger partial charge >= 0.3 is 6.01 Å². The van der Waals surface area contributed by atoms with Crippen LogP contribution in [0.1, 0.15) is 81.5 Å². The SMILES string of the molecule is CCc1cccc2cc(O)cc(-c3ncc4c(N5CC6CCC(C5)N6)nc(OCCN5CCN(c6cc([C@@H](C(=O)N7C[C@H](O)C[C@H]7C(=O)N[C@@H](C)c7ccc(-c8scnc8C)cc7)C(C)C)on6)CC5)nc4c3F)c12. The van der Waals surface area contributed by atoms with Crippen molar-refractivity contribution in [1.29, 1.82) is 0 Å². The quantitative estimate of drug-likeness (QED) is 0.0792. The number of amides is 2. The molecule has 2 bridgehead atoms. The van der Waals surface area contributed by atoms with Crippen LogP contribution in [0.4, 0.5) is 16.0 Å². The molecule has 8 heterocycles. The molecule has 4 saturated heterocycles. The first-order chi connectivity index (χ1) is 36.3. The number of phenolic OH excluding ortho intramolecular Hbond substituents is 1. The van der Waals surface area contributed by atoms with Gasteiger partial charge in [0.15, 0.2) is 17.4 Å². The van der Waals surface area contributed by atoms with Gasteiger partial charge in [-0.3, -0.25) is 19.5 Å². The predicted octanol–water partition coefficient (Wildman–Crippen LogP) is 7.39. The number of aryl methyl sites for hydroxylation is 2. The van der Waals surface area contributed by atoms with Crippen molar-refractivity contribution in [2.75, 3.05) is 68.8 Å². The maximum absolute atomic E-state index is 17.1. The molecule has 4 aliphatic rings. The lowest BCUT2D eigenvalue weighted by Gasteiger charge is -2.34. The maximum atomic E-state index is 17.1. The van der Waals surface area contributed by atoms with E-state index in [1.807, 2.05) is 81.7 Å². The van der Waals surface area contributed by atoms with E-state index in [-0.39, 0.29) is 66.3 Å². The molecular weight excluding hydrogens is 974 g/mol. The van der Waals surface area contributed by atoms with Crippen molar-refractivity contribution >= 4 is 56.5 Å². The number of aliphatic hydroxyl groups excluding tert-OH is 1. The molecule has 19 heteroatoms. The van der Waals surface area contributed by atoms with Gasteiger partial charge in [0.25, 0.3) is 0 Å². The first kappa shape index (κ1) is 50.4. The van der Waals surface area contributed by atoms with Gasteiger partial charge in [-0.15, -0.1) is 11.3 Å². The molecule has 4 fully saturated rings. The van der Waals surface area contributed by atoms with Gasteiger partial charge in [-0.25, -0.2) is 9.37 Å². The number of anilines is 2. The molecule has 4 aromatic heterocycles. The van der Waals surface area contributed by atoms with Gasteiger partial charge in [-0.1, -0.05) is 68.4 Å². The predicted molar refractivity (Wildman–Crippen MR) is 287 cm³/mol. The number of thiazole rings is 1. The summed E-state index contributed by atoms with van der Waals surface area (Å²) < 4.78 is 29.4. The van der Waals surface area contributed by atoms with Crippen LogP contribution in [0.2, 0.25) is 0 Å². The van der Waals surface area contributed by atoms with Crippen LogP contribution in [0.25, 0.3) is 43.4 Å². The van der Waals surface area contributed by atoms with Gasteiger partial charge in [0.2, 0.25) is 11.8 Å². The van der Waals surface area contributed by atoms with Crippen LogP contribution in [-0.2, 0) is 16.0 Å². The van der Waals surface area contributed by atoms with Crippen molar-refractivity contribution in [1.82, 2.24) is 45.5 Å². The fraction of sp³-hybridized carbons (Fsp3) is 0.446. The van der Waals surface area contributed by atoms with E-state index in [9.17, 15) is 19.8 Å². The van der Waals surface area contributed by atoms with E-state index in [2.05, 4.69) is 42.4 Å². The van der Waals surface area contributed by atoms with Crippen LogP contribution in [0.5, 0.6) is 11.8 Å². The van der Waals surface area contributed by atoms with E-state index in [4.69, 9.17) is 24.2 Å². The number of ether oxygens (including phenoxy) is 1. The molecule has 0 aliphatic carbocycles. The normalized spacial score (nSPS) is 20.9. The molecule has 392 valence electrons. The van der Waals surface area contributed by atoms with E-state index < -0.39 is 23.9 Å². The second kappa shape index (κ2) is 21.1. The van der Waals surface area contributed by atoms with Crippen LogP contribution in [0.3, 0.4) is 0 Å². The lowest BCUT2D eigenvalue weighted by molar-refractivity contribution is -0.141. The minimum absolute atomic E-state index is 0.0263. The first-order valence-electron chi connectivity index (χ1n) is 26.3. The summed E-state index contributed by atoms with van der Waals surface area (Å²) >= 11 is 1.59. The smallest absolute Gasteiger partial charge is 0.319 e. The molecule has 4 aliphatic heterocycles. The third-order valence-electron chi connectivity index (χ3n) is 15.6. The second-order valence-corrected chi connectivity index (χ2v) is 21.8. The topological polar surface area (TPSA) is 198 Å². The summed E-state index contributed by atoms with van der Waals surface area (Å²) in [5.41, 5.74) is 6.54. The van der Waals surface area contributed by atoms with Crippen molar-refractivity contribution in [2.24, 2.45) is 5.92 Å². The zero-order chi connectivity index (χ0) is 52.1. The van der Waals surface area contributed by atoms with Gasteiger partial charge in [0, 0.05) is 88.7 Å². The Morgan fingerprint density at radius 2 is 1.75 bits per heavy atom. The number of β-amino-alcohol motifs (C(OH)–C–C–N with tert-alkyl or cyclic N) is 1. The molecule has 0 radical (unpaired) electrons. The molecule has 6 atom stereocenters. The standard InChI is InChI=1S/C56H64FN11O6S/c1-6-34-8-7-9-37-22-40(69)23-42(48(34)37)50-49(57)51-43(26-58-50)53(67-27-38-14-15-39(28-67)61-38)63-56(62-51)73-21-20-65-16-18-66(19-17-65)46-25-45(74-64-46)47(31(2)3)55(72)68-29-41(70)24-44(68)54(71)60-32(4)35-10-12-36(13-11-35)52-33(5)59-30-75-52/h7-13,22-23,25-26,30-32,38-39,41,44,47,61,69-70H,6,14-21,24,27-29H2,1-5H3,(H,60,71)/t32-,38?,39?,41+,44-,47-/m0/s1. The molecule has 2 unspecified atom stereocenters. The van der Waals surface area contributed by atoms with Crippen LogP contribution in [0, 0.1) is 18.7 Å². The van der Waals surface area contributed by atoms with Crippen molar-refractivity contribution in [3.63, 3.8) is 0 Å². The number of nitrogens with zero attached hydrogens (tertiary/aromatic N) is 9. The number of carbonyl (C=O) groups is 2. The molecule has 0 saturated carbocycles. The largest absolute Gasteiger partial charge is 0.508 e. The second-order valence-electron chi connectivity index (χ2n) is 20.9. The van der Waals surface area contributed by atoms with Crippen molar-refractivity contribution in [3.05, 3.63) is 101 Å². The number of aliphatic hydroxyl groups is 1. The Morgan fingerprint density at radius 1 is 0.973 bits per heavy atom. The summed E-state index contributed by atoms with van der Waals surface area (Å²) in [6.07, 6.45) is 3.81. The minimum atomic E-state index is -0.843. The molecule has 2 amide bonds. The molecule has 7 aromatic rings. The lowest BCUT2D eigenvalue weighted by atomic mass is 9.91. The van der Waals surface area contributed by atoms with Crippen LogP contribution in [0.15, 0.2) is 76.9 Å². The first-order valence-corrected chi connectivity index (χ1v) is 27.2. The zero-order valence-electron chi connectivity index (χ0n) is 43.0. The highest BCUT2D eigenvalue weighted by Gasteiger charge is 2.44. The highest BCUT2D eigenvalue weighted by atomic mass is 32.1. The number of phenols is 1. The lowest BCUT2D eigenvalue weighted by Crippen LogP contribution is -2.51. The summed E-state index contributed by atoms with van der Waals surface area (Å²) in [5, 5.41) is 34.9. The molecule has 75 heavy (non-hydrogen) atoms. The number of benzene rings is 3. The summed E-state index contributed by atoms with van der Waals surface area (Å²) in [7, 11) is 0. The Labute approximate surface area is 439 Å². The monoisotopic (exact) mass is 1040 g/mol. The van der Waals surface area contributed by atoms with Gasteiger partial charge < -0.3 is 44.8 Å². The minimum Gasteiger partial charge on any atom is -0.508 e. The summed E-state index contributed by atoms with van der Waals surface area (Å²) in [6, 6.07) is 18.5. The van der Waals surface area contributed by atoms with Crippen LogP contribution >= 0.6 is 11.3 Å². The summed E-state index contributed by atoms with van der Waals surface area (Å²) in [6.45, 7) is 14.8. The van der Waals surface area contributed by atoms with Crippen molar-refractivity contribution in [2.45, 2.75) is 96.5 Å². The Bertz CT molecular complexity index is 3220. The number of likely N-dealkylation sites (tertiary alicyclic amines) is 1. The Kier molecular flexibility index (Phi) is 14.2. The molecule has 0 spiro atoms. The van der Waals surface area contributed by atoms with Crippen molar-refractivity contribution < 1.29 is 33.5 Å². The zero-order valence-corrected chi connectivity index (χ0v) is 43.8. The van der Waals surface area contributed by atoms with Gasteiger partial charge in [0.1, 0.15) is 41.3 Å². The summed E-state index contributed by atoms with van der Waals surface area (Å²) in [4.78, 5) is 56.2. The number of piperazine rings is 2. The van der Waals surface area contributed by atoms with Gasteiger partial charge in [-0.2, -0.15) is 9.97 Å². The van der Waals surface area contributed by atoms with E-state index in [1.165, 1.54) is 4.90 Å². The average Bonchev–Trinajstić information content (AvgIpc) is 4.23. The third kappa shape index (κ3) is 10.1. The fourth-order valence-corrected chi connectivity index (χ4v) is 12.4. The highest BCUT2D eigenvalue weighted by Crippen LogP contribution is 2.40. The van der Waals surface area contributed by atoms with E-state index >= 15 is 4.39 Å².